The van der Waals surface area contributed by atoms with Crippen LogP contribution in [0.15, 0.2) is 12.1 Å². The van der Waals surface area contributed by atoms with Crippen LogP contribution in [-0.2, 0) is 0 Å². The largest absolute Gasteiger partial charge is 0.486 e. The third kappa shape index (κ3) is 3.33. The summed E-state index contributed by atoms with van der Waals surface area (Å²) in [6, 6.07) is 3.18. The van der Waals surface area contributed by atoms with E-state index in [-0.39, 0.29) is 11.5 Å². The summed E-state index contributed by atoms with van der Waals surface area (Å²) < 4.78 is 5.54. The zero-order valence-electron chi connectivity index (χ0n) is 8.43. The molecule has 1 aromatic rings. The van der Waals surface area contributed by atoms with Gasteiger partial charge in [-0.2, -0.15) is 0 Å². The van der Waals surface area contributed by atoms with Gasteiger partial charge in [0.1, 0.15) is 6.10 Å². The normalized spacial score (nSPS) is 14.7. The zero-order valence-corrected chi connectivity index (χ0v) is 10.7. The van der Waals surface area contributed by atoms with Gasteiger partial charge in [-0.1, -0.05) is 23.2 Å². The quantitative estimate of drug-likeness (QED) is 0.665. The van der Waals surface area contributed by atoms with Crippen LogP contribution in [0.3, 0.4) is 0 Å². The molecular weight excluding hydrogens is 256 g/mol. The molecule has 1 unspecified atom stereocenters. The Hall–Kier alpha value is -0.310. The van der Waals surface area contributed by atoms with E-state index in [0.717, 1.165) is 0 Å². The van der Waals surface area contributed by atoms with E-state index in [1.807, 2.05) is 13.8 Å². The molecule has 2 atom stereocenters. The molecule has 0 bridgehead atoms. The third-order valence-corrected chi connectivity index (χ3v) is 2.89. The van der Waals surface area contributed by atoms with Crippen LogP contribution in [0, 0.1) is 0 Å². The van der Waals surface area contributed by atoms with Crippen molar-refractivity contribution in [3.63, 3.8) is 0 Å². The molecule has 0 saturated carbocycles. The molecule has 0 heterocycles. The molecule has 1 aromatic carbocycles. The summed E-state index contributed by atoms with van der Waals surface area (Å²) in [7, 11) is 0. The first-order valence-electron chi connectivity index (χ1n) is 4.47. The molecule has 0 radical (unpaired) electrons. The highest BCUT2D eigenvalue weighted by atomic mass is 35.5. The number of nitrogen functional groups attached to an aromatic ring is 1. The van der Waals surface area contributed by atoms with Gasteiger partial charge in [-0.3, -0.25) is 0 Å². The highest BCUT2D eigenvalue weighted by Gasteiger charge is 2.15. The Morgan fingerprint density at radius 3 is 2.07 bits per heavy atom. The maximum Gasteiger partial charge on any atom is 0.157 e. The van der Waals surface area contributed by atoms with E-state index >= 15 is 0 Å². The average molecular weight is 269 g/mol. The fraction of sp³-hybridized carbons (Fsp3) is 0.400. The molecular formula is C10H12Cl3NO. The smallest absolute Gasteiger partial charge is 0.157 e. The molecule has 0 aliphatic carbocycles. The first-order valence-corrected chi connectivity index (χ1v) is 5.66. The number of alkyl halides is 1. The van der Waals surface area contributed by atoms with Crippen LogP contribution in [0.5, 0.6) is 5.75 Å². The molecule has 0 aliphatic heterocycles. The number of nitrogens with two attached hydrogens (primary N) is 1. The molecule has 0 fully saturated rings. The fourth-order valence-electron chi connectivity index (χ4n) is 0.972. The Bertz CT molecular complexity index is 332. The minimum absolute atomic E-state index is 0.130. The van der Waals surface area contributed by atoms with E-state index in [0.29, 0.717) is 21.5 Å². The lowest BCUT2D eigenvalue weighted by Crippen LogP contribution is -2.21. The van der Waals surface area contributed by atoms with E-state index in [2.05, 4.69) is 0 Å². The summed E-state index contributed by atoms with van der Waals surface area (Å²) in [4.78, 5) is 0. The summed E-state index contributed by atoms with van der Waals surface area (Å²) >= 11 is 17.8. The third-order valence-electron chi connectivity index (χ3n) is 1.97. The Balaban J connectivity index is 2.95. The van der Waals surface area contributed by atoms with Crippen LogP contribution in [0.4, 0.5) is 5.69 Å². The lowest BCUT2D eigenvalue weighted by atomic mass is 10.2. The highest BCUT2D eigenvalue weighted by molar-refractivity contribution is 6.37. The van der Waals surface area contributed by atoms with Gasteiger partial charge in [-0.15, -0.1) is 11.6 Å². The number of ether oxygens (including phenoxy) is 1. The van der Waals surface area contributed by atoms with Gasteiger partial charge in [0.05, 0.1) is 15.4 Å². The summed E-state index contributed by atoms with van der Waals surface area (Å²) in [6.07, 6.45) is -0.176. The van der Waals surface area contributed by atoms with Crippen LogP contribution < -0.4 is 10.5 Å². The molecule has 2 nitrogen and oxygen atoms in total. The SMILES string of the molecule is CC(Cl)[C@@H](C)Oc1c(Cl)cc(N)cc1Cl. The topological polar surface area (TPSA) is 35.2 Å². The van der Waals surface area contributed by atoms with Crippen LogP contribution in [0.1, 0.15) is 13.8 Å². The van der Waals surface area contributed by atoms with E-state index in [1.165, 1.54) is 0 Å². The van der Waals surface area contributed by atoms with Crippen molar-refractivity contribution in [2.75, 3.05) is 5.73 Å². The van der Waals surface area contributed by atoms with Gasteiger partial charge in [0, 0.05) is 5.69 Å². The van der Waals surface area contributed by atoms with Crippen molar-refractivity contribution >= 4 is 40.5 Å². The van der Waals surface area contributed by atoms with Crippen molar-refractivity contribution in [2.24, 2.45) is 0 Å². The van der Waals surface area contributed by atoms with Crippen LogP contribution in [0.2, 0.25) is 10.0 Å². The standard InChI is InChI=1S/C10H12Cl3NO/c1-5(11)6(2)15-10-8(12)3-7(14)4-9(10)13/h3-6H,14H2,1-2H3/t5?,6-/m1/s1. The number of halogens is 3. The second kappa shape index (κ2) is 5.15. The molecule has 0 aromatic heterocycles. The van der Waals surface area contributed by atoms with Crippen molar-refractivity contribution in [3.8, 4) is 5.75 Å². The maximum absolute atomic E-state index is 5.95. The number of rotatable bonds is 3. The van der Waals surface area contributed by atoms with E-state index in [9.17, 15) is 0 Å². The monoisotopic (exact) mass is 267 g/mol. The molecule has 0 spiro atoms. The number of hydrogen-bond donors (Lipinski definition) is 1. The minimum atomic E-state index is -0.176. The summed E-state index contributed by atoms with van der Waals surface area (Å²) in [5.41, 5.74) is 6.07. The Morgan fingerprint density at radius 2 is 1.67 bits per heavy atom. The molecule has 5 heteroatoms. The second-order valence-electron chi connectivity index (χ2n) is 3.31. The highest BCUT2D eigenvalue weighted by Crippen LogP contribution is 2.36. The van der Waals surface area contributed by atoms with E-state index in [1.54, 1.807) is 12.1 Å². The minimum Gasteiger partial charge on any atom is -0.486 e. The maximum atomic E-state index is 5.95. The van der Waals surface area contributed by atoms with Crippen LogP contribution in [0.25, 0.3) is 0 Å². The number of anilines is 1. The predicted octanol–water partition coefficient (Wildman–Crippen LogP) is 3.97. The summed E-state index contributed by atoms with van der Waals surface area (Å²) in [5.74, 6) is 0.424. The molecule has 15 heavy (non-hydrogen) atoms. The van der Waals surface area contributed by atoms with Crippen molar-refractivity contribution in [1.29, 1.82) is 0 Å². The zero-order chi connectivity index (χ0) is 11.6. The van der Waals surface area contributed by atoms with Gasteiger partial charge in [-0.25, -0.2) is 0 Å². The first kappa shape index (κ1) is 12.8. The van der Waals surface area contributed by atoms with Crippen LogP contribution in [-0.4, -0.2) is 11.5 Å². The molecule has 0 amide bonds. The lowest BCUT2D eigenvalue weighted by molar-refractivity contribution is 0.221. The van der Waals surface area contributed by atoms with Gasteiger partial charge in [0.25, 0.3) is 0 Å². The Labute approximate surface area is 104 Å². The average Bonchev–Trinajstić information content (AvgIpc) is 2.10. The van der Waals surface area contributed by atoms with E-state index < -0.39 is 0 Å². The fourth-order valence-corrected chi connectivity index (χ4v) is 1.62. The van der Waals surface area contributed by atoms with Crippen molar-refractivity contribution in [2.45, 2.75) is 25.3 Å². The molecule has 84 valence electrons. The van der Waals surface area contributed by atoms with Crippen molar-refractivity contribution < 1.29 is 4.74 Å². The van der Waals surface area contributed by atoms with Crippen molar-refractivity contribution in [3.05, 3.63) is 22.2 Å². The molecule has 0 aliphatic rings. The Kier molecular flexibility index (Phi) is 4.38. The van der Waals surface area contributed by atoms with E-state index in [4.69, 9.17) is 45.3 Å². The van der Waals surface area contributed by atoms with Crippen LogP contribution >= 0.6 is 34.8 Å². The Morgan fingerprint density at radius 1 is 1.20 bits per heavy atom. The molecule has 0 saturated heterocycles. The summed E-state index contributed by atoms with van der Waals surface area (Å²) in [5, 5.41) is 0.656. The molecule has 1 rings (SSSR count). The molecule has 2 N–H and O–H groups in total. The van der Waals surface area contributed by atoms with Crippen molar-refractivity contribution in [1.82, 2.24) is 0 Å². The first-order chi connectivity index (χ1) is 6.91. The lowest BCUT2D eigenvalue weighted by Gasteiger charge is -2.18. The van der Waals surface area contributed by atoms with Gasteiger partial charge in [0.15, 0.2) is 5.75 Å². The predicted molar refractivity (Wildman–Crippen MR) is 66.3 cm³/mol. The number of hydrogen-bond acceptors (Lipinski definition) is 2. The van der Waals surface area contributed by atoms with Gasteiger partial charge >= 0.3 is 0 Å². The number of benzene rings is 1. The van der Waals surface area contributed by atoms with Gasteiger partial charge in [-0.05, 0) is 26.0 Å². The summed E-state index contributed by atoms with van der Waals surface area (Å²) in [6.45, 7) is 3.69. The van der Waals surface area contributed by atoms with Gasteiger partial charge in [0.2, 0.25) is 0 Å². The van der Waals surface area contributed by atoms with Gasteiger partial charge < -0.3 is 10.5 Å². The second-order valence-corrected chi connectivity index (χ2v) is 4.82.